The summed E-state index contributed by atoms with van der Waals surface area (Å²) in [6, 6.07) is 7.50. The first-order chi connectivity index (χ1) is 9.74. The highest BCUT2D eigenvalue weighted by Gasteiger charge is 2.27. The lowest BCUT2D eigenvalue weighted by molar-refractivity contribution is -0.128. The summed E-state index contributed by atoms with van der Waals surface area (Å²) in [5.41, 5.74) is 0.921. The number of aromatic nitrogens is 1. The van der Waals surface area contributed by atoms with Crippen LogP contribution < -0.4 is 15.4 Å². The van der Waals surface area contributed by atoms with Gasteiger partial charge in [0.25, 0.3) is 5.91 Å². The number of para-hydroxylation sites is 2. The standard InChI is InChI=1S/C14H15N3O2S/c1-9(14-15-6-7-20-14)17-13(18)12-8-16-10-4-2-3-5-11(10)19-12/h2-7,9,12,16H,8H2,1H3,(H,17,18). The monoisotopic (exact) mass is 289 g/mol. The lowest BCUT2D eigenvalue weighted by Crippen LogP contribution is -2.45. The molecule has 2 atom stereocenters. The summed E-state index contributed by atoms with van der Waals surface area (Å²) in [6.45, 7) is 2.38. The molecule has 1 amide bonds. The van der Waals surface area contributed by atoms with Gasteiger partial charge < -0.3 is 15.4 Å². The molecule has 0 aliphatic carbocycles. The second kappa shape index (κ2) is 5.50. The van der Waals surface area contributed by atoms with Gasteiger partial charge in [-0.3, -0.25) is 4.79 Å². The minimum atomic E-state index is -0.521. The summed E-state index contributed by atoms with van der Waals surface area (Å²) < 4.78 is 5.72. The van der Waals surface area contributed by atoms with Crippen molar-refractivity contribution in [2.45, 2.75) is 19.1 Å². The van der Waals surface area contributed by atoms with Crippen molar-refractivity contribution in [3.8, 4) is 5.75 Å². The van der Waals surface area contributed by atoms with Crippen molar-refractivity contribution in [3.05, 3.63) is 40.8 Å². The quantitative estimate of drug-likeness (QED) is 0.909. The van der Waals surface area contributed by atoms with Crippen LogP contribution in [-0.4, -0.2) is 23.5 Å². The normalized spacial score (nSPS) is 18.4. The minimum Gasteiger partial charge on any atom is -0.477 e. The molecule has 0 spiro atoms. The molecular weight excluding hydrogens is 274 g/mol. The number of hydrogen-bond acceptors (Lipinski definition) is 5. The molecule has 2 N–H and O–H groups in total. The number of fused-ring (bicyclic) bond motifs is 1. The molecule has 0 fully saturated rings. The van der Waals surface area contributed by atoms with Crippen molar-refractivity contribution in [1.82, 2.24) is 10.3 Å². The molecule has 3 rings (SSSR count). The number of rotatable bonds is 3. The highest BCUT2D eigenvalue weighted by atomic mass is 32.1. The summed E-state index contributed by atoms with van der Waals surface area (Å²) in [7, 11) is 0. The van der Waals surface area contributed by atoms with Gasteiger partial charge in [-0.15, -0.1) is 11.3 Å². The van der Waals surface area contributed by atoms with Gasteiger partial charge in [0.2, 0.25) is 0 Å². The van der Waals surface area contributed by atoms with Crippen LogP contribution in [0.3, 0.4) is 0 Å². The molecular formula is C14H15N3O2S. The van der Waals surface area contributed by atoms with Gasteiger partial charge in [-0.25, -0.2) is 4.98 Å². The molecule has 20 heavy (non-hydrogen) atoms. The number of hydrogen-bond donors (Lipinski definition) is 2. The largest absolute Gasteiger partial charge is 0.477 e. The van der Waals surface area contributed by atoms with Gasteiger partial charge in [0.1, 0.15) is 10.8 Å². The Kier molecular flexibility index (Phi) is 3.56. The Hall–Kier alpha value is -2.08. The maximum absolute atomic E-state index is 12.2. The van der Waals surface area contributed by atoms with Gasteiger partial charge in [0, 0.05) is 11.6 Å². The van der Waals surface area contributed by atoms with Crippen molar-refractivity contribution in [3.63, 3.8) is 0 Å². The Balaban J connectivity index is 1.64. The van der Waals surface area contributed by atoms with Gasteiger partial charge in [0.05, 0.1) is 18.3 Å². The van der Waals surface area contributed by atoms with Crippen LogP contribution in [0.5, 0.6) is 5.75 Å². The first kappa shape index (κ1) is 12.9. The van der Waals surface area contributed by atoms with Crippen LogP contribution >= 0.6 is 11.3 Å². The van der Waals surface area contributed by atoms with Crippen molar-refractivity contribution in [2.75, 3.05) is 11.9 Å². The average Bonchev–Trinajstić information content (AvgIpc) is 3.01. The van der Waals surface area contributed by atoms with E-state index in [1.807, 2.05) is 36.6 Å². The third kappa shape index (κ3) is 2.60. The molecule has 1 aromatic carbocycles. The smallest absolute Gasteiger partial charge is 0.263 e. The van der Waals surface area contributed by atoms with E-state index in [2.05, 4.69) is 15.6 Å². The number of thiazole rings is 1. The Morgan fingerprint density at radius 2 is 2.40 bits per heavy atom. The zero-order chi connectivity index (χ0) is 13.9. The predicted molar refractivity (Wildman–Crippen MR) is 78.0 cm³/mol. The van der Waals surface area contributed by atoms with Crippen molar-refractivity contribution in [2.24, 2.45) is 0 Å². The highest BCUT2D eigenvalue weighted by Crippen LogP contribution is 2.28. The van der Waals surface area contributed by atoms with E-state index in [0.717, 1.165) is 10.7 Å². The van der Waals surface area contributed by atoms with Crippen LogP contribution in [0.15, 0.2) is 35.8 Å². The maximum Gasteiger partial charge on any atom is 0.263 e. The number of nitrogens with one attached hydrogen (secondary N) is 2. The third-order valence-corrected chi connectivity index (χ3v) is 4.07. The summed E-state index contributed by atoms with van der Waals surface area (Å²) in [5.74, 6) is 0.579. The predicted octanol–water partition coefficient (Wildman–Crippen LogP) is 2.19. The SMILES string of the molecule is CC(NC(=O)C1CNc2ccccc2O1)c1nccs1. The molecule has 6 heteroatoms. The molecule has 0 saturated heterocycles. The zero-order valence-electron chi connectivity index (χ0n) is 11.0. The molecule has 2 aromatic rings. The van der Waals surface area contributed by atoms with E-state index >= 15 is 0 Å². The number of anilines is 1. The Morgan fingerprint density at radius 3 is 3.20 bits per heavy atom. The van der Waals surface area contributed by atoms with Crippen LogP contribution in [0.2, 0.25) is 0 Å². The van der Waals surface area contributed by atoms with Crippen molar-refractivity contribution < 1.29 is 9.53 Å². The second-order valence-electron chi connectivity index (χ2n) is 4.58. The molecule has 2 unspecified atom stereocenters. The molecule has 1 aromatic heterocycles. The molecule has 5 nitrogen and oxygen atoms in total. The first-order valence-electron chi connectivity index (χ1n) is 6.43. The molecule has 0 bridgehead atoms. The van der Waals surface area contributed by atoms with Crippen LogP contribution in [-0.2, 0) is 4.79 Å². The number of amides is 1. The topological polar surface area (TPSA) is 63.2 Å². The van der Waals surface area contributed by atoms with Crippen LogP contribution in [0.1, 0.15) is 18.0 Å². The summed E-state index contributed by atoms with van der Waals surface area (Å²) in [4.78, 5) is 16.4. The second-order valence-corrected chi connectivity index (χ2v) is 5.51. The fraction of sp³-hybridized carbons (Fsp3) is 0.286. The van der Waals surface area contributed by atoms with Gasteiger partial charge >= 0.3 is 0 Å². The highest BCUT2D eigenvalue weighted by molar-refractivity contribution is 7.09. The van der Waals surface area contributed by atoms with Crippen LogP contribution in [0, 0.1) is 0 Å². The maximum atomic E-state index is 12.2. The summed E-state index contributed by atoms with van der Waals surface area (Å²) in [6.07, 6.45) is 1.21. The average molecular weight is 289 g/mol. The van der Waals surface area contributed by atoms with E-state index < -0.39 is 6.10 Å². The third-order valence-electron chi connectivity index (χ3n) is 3.11. The number of carbonyl (C=O) groups is 1. The van der Waals surface area contributed by atoms with Crippen molar-refractivity contribution >= 4 is 22.9 Å². The van der Waals surface area contributed by atoms with E-state index in [1.54, 1.807) is 6.20 Å². The van der Waals surface area contributed by atoms with E-state index in [9.17, 15) is 4.79 Å². The number of nitrogens with zero attached hydrogens (tertiary/aromatic N) is 1. The Bertz CT molecular complexity index is 600. The summed E-state index contributed by atoms with van der Waals surface area (Å²) >= 11 is 1.53. The first-order valence-corrected chi connectivity index (χ1v) is 7.31. The van der Waals surface area contributed by atoms with Crippen molar-refractivity contribution in [1.29, 1.82) is 0 Å². The van der Waals surface area contributed by atoms with E-state index in [1.165, 1.54) is 11.3 Å². The van der Waals surface area contributed by atoms with E-state index in [0.29, 0.717) is 12.3 Å². The van der Waals surface area contributed by atoms with Crippen LogP contribution in [0.4, 0.5) is 5.69 Å². The minimum absolute atomic E-state index is 0.108. The fourth-order valence-corrected chi connectivity index (χ4v) is 2.72. The Labute approximate surface area is 121 Å². The molecule has 2 heterocycles. The molecule has 1 aliphatic rings. The van der Waals surface area contributed by atoms with Gasteiger partial charge in [-0.2, -0.15) is 0 Å². The van der Waals surface area contributed by atoms with Gasteiger partial charge in [-0.05, 0) is 19.1 Å². The summed E-state index contributed by atoms with van der Waals surface area (Å²) in [5, 5.41) is 8.92. The number of carbonyl (C=O) groups excluding carboxylic acids is 1. The molecule has 1 aliphatic heterocycles. The van der Waals surface area contributed by atoms with E-state index in [4.69, 9.17) is 4.74 Å². The van der Waals surface area contributed by atoms with Gasteiger partial charge in [-0.1, -0.05) is 12.1 Å². The van der Waals surface area contributed by atoms with Gasteiger partial charge in [0.15, 0.2) is 6.10 Å². The number of benzene rings is 1. The molecule has 104 valence electrons. The van der Waals surface area contributed by atoms with Crippen LogP contribution in [0.25, 0.3) is 0 Å². The fourth-order valence-electron chi connectivity index (χ4n) is 2.08. The number of ether oxygens (including phenoxy) is 1. The lowest BCUT2D eigenvalue weighted by atomic mass is 10.2. The van der Waals surface area contributed by atoms with E-state index in [-0.39, 0.29) is 11.9 Å². The lowest BCUT2D eigenvalue weighted by Gasteiger charge is -2.27. The Morgan fingerprint density at radius 1 is 1.55 bits per heavy atom. The molecule has 0 radical (unpaired) electrons. The zero-order valence-corrected chi connectivity index (χ0v) is 11.8. The molecule has 0 saturated carbocycles.